The Morgan fingerprint density at radius 3 is 2.61 bits per heavy atom. The van der Waals surface area contributed by atoms with Gasteiger partial charge < -0.3 is 9.47 Å². The number of hydrogen-bond acceptors (Lipinski definition) is 7. The van der Waals surface area contributed by atoms with E-state index >= 15 is 0 Å². The molecule has 1 saturated carbocycles. The van der Waals surface area contributed by atoms with E-state index in [4.69, 9.17) is 9.47 Å². The molecule has 1 aromatic rings. The molecular formula is C23H41N5O3. The SMILES string of the molecule is CCCCCCCCCCOC(=O)O[C@H]1C[C@H]2C[C@@H](CCc3nnn[nH]3)CC[C@H]2CN1. The smallest absolute Gasteiger partial charge is 0.434 e. The van der Waals surface area contributed by atoms with Crippen LogP contribution in [-0.4, -0.2) is 46.2 Å². The van der Waals surface area contributed by atoms with Crippen LogP contribution < -0.4 is 5.32 Å². The molecule has 0 bridgehead atoms. The van der Waals surface area contributed by atoms with E-state index in [-0.39, 0.29) is 6.23 Å². The van der Waals surface area contributed by atoms with Gasteiger partial charge in [0.2, 0.25) is 0 Å². The van der Waals surface area contributed by atoms with Crippen molar-refractivity contribution in [2.45, 2.75) is 103 Å². The van der Waals surface area contributed by atoms with Gasteiger partial charge >= 0.3 is 6.16 Å². The second-order valence-electron chi connectivity index (χ2n) is 9.41. The van der Waals surface area contributed by atoms with Crippen molar-refractivity contribution < 1.29 is 14.3 Å². The molecule has 2 fully saturated rings. The maximum atomic E-state index is 12.1. The van der Waals surface area contributed by atoms with E-state index in [2.05, 4.69) is 32.9 Å². The van der Waals surface area contributed by atoms with Crippen LogP contribution in [0, 0.1) is 17.8 Å². The number of carbonyl (C=O) groups is 1. The molecule has 0 unspecified atom stereocenters. The first kappa shape index (κ1) is 24.0. The molecule has 0 radical (unpaired) electrons. The summed E-state index contributed by atoms with van der Waals surface area (Å²) >= 11 is 0. The minimum absolute atomic E-state index is 0.218. The minimum atomic E-state index is -0.524. The number of aryl methyl sites for hydroxylation is 1. The van der Waals surface area contributed by atoms with E-state index < -0.39 is 6.16 Å². The molecule has 176 valence electrons. The number of piperidine rings is 1. The zero-order chi connectivity index (χ0) is 21.7. The number of hydrogen-bond donors (Lipinski definition) is 2. The quantitative estimate of drug-likeness (QED) is 0.339. The second kappa shape index (κ2) is 13.7. The van der Waals surface area contributed by atoms with E-state index in [1.54, 1.807) is 0 Å². The van der Waals surface area contributed by atoms with Crippen molar-refractivity contribution in [2.24, 2.45) is 17.8 Å². The van der Waals surface area contributed by atoms with Crippen molar-refractivity contribution >= 4 is 6.16 Å². The maximum absolute atomic E-state index is 12.1. The monoisotopic (exact) mass is 435 g/mol. The number of H-pyrrole nitrogens is 1. The van der Waals surface area contributed by atoms with Gasteiger partial charge in [0, 0.05) is 19.4 Å². The zero-order valence-corrected chi connectivity index (χ0v) is 19.2. The lowest BCUT2D eigenvalue weighted by molar-refractivity contribution is -0.0280. The predicted octanol–water partition coefficient (Wildman–Crippen LogP) is 4.78. The van der Waals surface area contributed by atoms with Crippen molar-refractivity contribution in [3.63, 3.8) is 0 Å². The van der Waals surface area contributed by atoms with Crippen molar-refractivity contribution in [2.75, 3.05) is 13.2 Å². The lowest BCUT2D eigenvalue weighted by Gasteiger charge is -2.42. The Hall–Kier alpha value is -1.70. The number of carbonyl (C=O) groups excluding carboxylic acids is 1. The normalized spacial score (nSPS) is 25.7. The lowest BCUT2D eigenvalue weighted by atomic mass is 9.70. The highest BCUT2D eigenvalue weighted by Gasteiger charge is 2.36. The van der Waals surface area contributed by atoms with E-state index in [1.807, 2.05) is 0 Å². The molecular weight excluding hydrogens is 394 g/mol. The van der Waals surface area contributed by atoms with E-state index in [1.165, 1.54) is 57.8 Å². The van der Waals surface area contributed by atoms with Crippen LogP contribution in [0.1, 0.15) is 96.2 Å². The van der Waals surface area contributed by atoms with Crippen LogP contribution in [0.3, 0.4) is 0 Å². The van der Waals surface area contributed by atoms with Crippen LogP contribution in [0.25, 0.3) is 0 Å². The summed E-state index contributed by atoms with van der Waals surface area (Å²) in [4.78, 5) is 12.1. The molecule has 1 aromatic heterocycles. The first-order valence-electron chi connectivity index (χ1n) is 12.5. The Morgan fingerprint density at radius 1 is 1.03 bits per heavy atom. The molecule has 1 saturated heterocycles. The van der Waals surface area contributed by atoms with E-state index in [0.29, 0.717) is 24.4 Å². The molecule has 4 atom stereocenters. The molecule has 2 heterocycles. The van der Waals surface area contributed by atoms with E-state index in [0.717, 1.165) is 44.5 Å². The molecule has 0 aromatic carbocycles. The first-order valence-corrected chi connectivity index (χ1v) is 12.5. The van der Waals surface area contributed by atoms with Crippen LogP contribution in [0.4, 0.5) is 4.79 Å². The number of unbranched alkanes of at least 4 members (excludes halogenated alkanes) is 7. The molecule has 0 spiro atoms. The van der Waals surface area contributed by atoms with Gasteiger partial charge in [0.25, 0.3) is 0 Å². The highest BCUT2D eigenvalue weighted by atomic mass is 16.7. The third-order valence-corrected chi connectivity index (χ3v) is 7.01. The number of aromatic nitrogens is 4. The molecule has 8 nitrogen and oxygen atoms in total. The van der Waals surface area contributed by atoms with Crippen LogP contribution in [0.5, 0.6) is 0 Å². The number of aromatic amines is 1. The highest BCUT2D eigenvalue weighted by molar-refractivity contribution is 5.60. The Balaban J connectivity index is 1.25. The van der Waals surface area contributed by atoms with Gasteiger partial charge in [-0.25, -0.2) is 9.89 Å². The van der Waals surface area contributed by atoms with Crippen molar-refractivity contribution in [3.8, 4) is 0 Å². The Bertz CT molecular complexity index is 612. The van der Waals surface area contributed by atoms with Crippen LogP contribution >= 0.6 is 0 Å². The van der Waals surface area contributed by atoms with Crippen molar-refractivity contribution in [1.29, 1.82) is 0 Å². The topological polar surface area (TPSA) is 102 Å². The second-order valence-corrected chi connectivity index (χ2v) is 9.41. The summed E-state index contributed by atoms with van der Waals surface area (Å²) in [6.45, 7) is 3.63. The van der Waals surface area contributed by atoms with Crippen molar-refractivity contribution in [3.05, 3.63) is 5.82 Å². The largest absolute Gasteiger partial charge is 0.509 e. The molecule has 0 amide bonds. The Morgan fingerprint density at radius 2 is 1.84 bits per heavy atom. The highest BCUT2D eigenvalue weighted by Crippen LogP contribution is 2.40. The molecule has 3 rings (SSSR count). The average Bonchev–Trinajstić information content (AvgIpc) is 3.30. The fourth-order valence-corrected chi connectivity index (χ4v) is 5.14. The molecule has 8 heteroatoms. The Labute approximate surface area is 186 Å². The van der Waals surface area contributed by atoms with Gasteiger partial charge in [-0.15, -0.1) is 5.10 Å². The number of tetrazole rings is 1. The number of rotatable bonds is 13. The predicted molar refractivity (Wildman–Crippen MR) is 118 cm³/mol. The fourth-order valence-electron chi connectivity index (χ4n) is 5.14. The number of nitrogens with one attached hydrogen (secondary N) is 2. The standard InChI is InChI=1S/C23H41N5O3/c1-2-3-4-5-6-7-8-9-14-30-23(29)31-22-16-20-15-18(10-12-19(20)17-24-22)11-13-21-25-27-28-26-21/h18-20,22,24H,2-17H2,1H3,(H,25,26,27,28)/t18-,19+,20-,22+/m1/s1. The first-order chi connectivity index (χ1) is 15.2. The molecule has 1 aliphatic carbocycles. The summed E-state index contributed by atoms with van der Waals surface area (Å²) in [6.07, 6.45) is 15.7. The van der Waals surface area contributed by atoms with Gasteiger partial charge in [0.05, 0.1) is 6.61 Å². The summed E-state index contributed by atoms with van der Waals surface area (Å²) in [5.41, 5.74) is 0. The van der Waals surface area contributed by atoms with Gasteiger partial charge in [-0.1, -0.05) is 58.3 Å². The minimum Gasteiger partial charge on any atom is -0.434 e. The Kier molecular flexibility index (Phi) is 10.6. The number of ether oxygens (including phenoxy) is 2. The summed E-state index contributed by atoms with van der Waals surface area (Å²) in [6, 6.07) is 0. The molecule has 2 aliphatic rings. The van der Waals surface area contributed by atoms with Gasteiger partial charge in [-0.3, -0.25) is 5.32 Å². The third kappa shape index (κ3) is 8.75. The molecule has 31 heavy (non-hydrogen) atoms. The summed E-state index contributed by atoms with van der Waals surface area (Å²) in [5, 5.41) is 17.5. The van der Waals surface area contributed by atoms with Crippen LogP contribution in [-0.2, 0) is 15.9 Å². The number of fused-ring (bicyclic) bond motifs is 1. The van der Waals surface area contributed by atoms with E-state index in [9.17, 15) is 4.79 Å². The van der Waals surface area contributed by atoms with Crippen LogP contribution in [0.15, 0.2) is 0 Å². The summed E-state index contributed by atoms with van der Waals surface area (Å²) in [7, 11) is 0. The number of nitrogens with zero attached hydrogens (tertiary/aromatic N) is 3. The maximum Gasteiger partial charge on any atom is 0.509 e. The average molecular weight is 436 g/mol. The van der Waals surface area contributed by atoms with Crippen LogP contribution in [0.2, 0.25) is 0 Å². The molecule has 1 aliphatic heterocycles. The van der Waals surface area contributed by atoms with Gasteiger partial charge in [-0.05, 0) is 53.9 Å². The van der Waals surface area contributed by atoms with Crippen molar-refractivity contribution in [1.82, 2.24) is 25.9 Å². The third-order valence-electron chi connectivity index (χ3n) is 7.01. The lowest BCUT2D eigenvalue weighted by Crippen LogP contribution is -2.48. The van der Waals surface area contributed by atoms with Gasteiger partial charge in [0.1, 0.15) is 5.82 Å². The summed E-state index contributed by atoms with van der Waals surface area (Å²) in [5.74, 6) is 2.86. The summed E-state index contributed by atoms with van der Waals surface area (Å²) < 4.78 is 10.9. The van der Waals surface area contributed by atoms with Gasteiger partial charge in [0.15, 0.2) is 6.23 Å². The van der Waals surface area contributed by atoms with Gasteiger partial charge in [-0.2, -0.15) is 0 Å². The zero-order valence-electron chi connectivity index (χ0n) is 19.2. The molecule has 2 N–H and O–H groups in total. The fraction of sp³-hybridized carbons (Fsp3) is 0.913.